The molecule has 2 rings (SSSR count). The van der Waals surface area contributed by atoms with Gasteiger partial charge in [-0.15, -0.1) is 0 Å². The van der Waals surface area contributed by atoms with E-state index in [0.29, 0.717) is 18.8 Å². The molecule has 1 aromatic carbocycles. The lowest BCUT2D eigenvalue weighted by Gasteiger charge is -2.29. The number of nitro groups is 1. The number of nitrogens with zero attached hydrogens (tertiary/aromatic N) is 2. The average molecular weight is 274 g/mol. The normalized spacial score (nSPS) is 16.5. The fourth-order valence-corrected chi connectivity index (χ4v) is 2.26. The van der Waals surface area contributed by atoms with Crippen LogP contribution in [0.2, 0.25) is 0 Å². The molecule has 0 atom stereocenters. The van der Waals surface area contributed by atoms with Gasteiger partial charge < -0.3 is 4.90 Å². The van der Waals surface area contributed by atoms with E-state index in [9.17, 15) is 23.3 Å². The molecule has 1 aliphatic rings. The average Bonchev–Trinajstić information content (AvgIpc) is 2.38. The Labute approximate surface area is 108 Å². The molecule has 0 amide bonds. The number of halogens is 3. The van der Waals surface area contributed by atoms with Crippen LogP contribution in [0.15, 0.2) is 18.2 Å². The predicted octanol–water partition coefficient (Wildman–Crippen LogP) is 3.60. The van der Waals surface area contributed by atoms with Crippen LogP contribution >= 0.6 is 0 Å². The molecule has 104 valence electrons. The molecule has 0 aromatic heterocycles. The molecule has 1 aromatic rings. The Balaban J connectivity index is 2.40. The minimum absolute atomic E-state index is 0.401. The van der Waals surface area contributed by atoms with Crippen molar-refractivity contribution in [1.82, 2.24) is 0 Å². The first-order chi connectivity index (χ1) is 8.89. The smallest absolute Gasteiger partial charge is 0.372 e. The highest BCUT2D eigenvalue weighted by atomic mass is 19.4. The van der Waals surface area contributed by atoms with Crippen molar-refractivity contribution in [2.45, 2.75) is 25.4 Å². The summed E-state index contributed by atoms with van der Waals surface area (Å²) in [5.41, 5.74) is -1.67. The minimum Gasteiger partial charge on any atom is -0.372 e. The van der Waals surface area contributed by atoms with E-state index < -0.39 is 22.4 Å². The highest BCUT2D eigenvalue weighted by molar-refractivity contribution is 5.56. The number of rotatable bonds is 2. The lowest BCUT2D eigenvalue weighted by atomic mass is 10.1. The number of benzene rings is 1. The van der Waals surface area contributed by atoms with Crippen LogP contribution in [0.1, 0.15) is 24.8 Å². The maximum absolute atomic E-state index is 12.8. The van der Waals surface area contributed by atoms with E-state index in [1.165, 1.54) is 6.07 Å². The van der Waals surface area contributed by atoms with E-state index in [4.69, 9.17) is 0 Å². The monoisotopic (exact) mass is 274 g/mol. The zero-order valence-corrected chi connectivity index (χ0v) is 10.1. The minimum atomic E-state index is -4.71. The standard InChI is InChI=1S/C12H13F3N2O2/c13-12(14,15)10-8-9(4-5-11(10)17(18)19)16-6-2-1-3-7-16/h4-5,8H,1-3,6-7H2. The summed E-state index contributed by atoms with van der Waals surface area (Å²) in [6, 6.07) is 3.20. The van der Waals surface area contributed by atoms with Gasteiger partial charge >= 0.3 is 6.18 Å². The van der Waals surface area contributed by atoms with Crippen molar-refractivity contribution in [2.75, 3.05) is 18.0 Å². The molecule has 7 heteroatoms. The molecule has 0 N–H and O–H groups in total. The summed E-state index contributed by atoms with van der Waals surface area (Å²) in [4.78, 5) is 11.5. The third-order valence-corrected chi connectivity index (χ3v) is 3.20. The van der Waals surface area contributed by atoms with Gasteiger partial charge in [0.15, 0.2) is 0 Å². The second-order valence-electron chi connectivity index (χ2n) is 4.50. The van der Waals surface area contributed by atoms with E-state index in [0.717, 1.165) is 31.4 Å². The van der Waals surface area contributed by atoms with Crippen molar-refractivity contribution < 1.29 is 18.1 Å². The van der Waals surface area contributed by atoms with Crippen LogP contribution in [-0.2, 0) is 6.18 Å². The Morgan fingerprint density at radius 3 is 2.32 bits per heavy atom. The van der Waals surface area contributed by atoms with Crippen LogP contribution in [0, 0.1) is 10.1 Å². The number of anilines is 1. The quantitative estimate of drug-likeness (QED) is 0.611. The van der Waals surface area contributed by atoms with Gasteiger partial charge in [0, 0.05) is 24.8 Å². The summed E-state index contributed by atoms with van der Waals surface area (Å²) < 4.78 is 38.5. The molecule has 1 saturated heterocycles. The number of nitro benzene ring substituents is 1. The molecule has 1 heterocycles. The highest BCUT2D eigenvalue weighted by Crippen LogP contribution is 2.38. The summed E-state index contributed by atoms with van der Waals surface area (Å²) in [6.07, 6.45) is -1.79. The van der Waals surface area contributed by atoms with E-state index in [1.54, 1.807) is 0 Å². The molecular formula is C12H13F3N2O2. The Hall–Kier alpha value is -1.79. The van der Waals surface area contributed by atoms with E-state index >= 15 is 0 Å². The zero-order chi connectivity index (χ0) is 14.0. The SMILES string of the molecule is O=[N+]([O-])c1ccc(N2CCCCC2)cc1C(F)(F)F. The second kappa shape index (κ2) is 5.07. The number of hydrogen-bond acceptors (Lipinski definition) is 3. The first-order valence-electron chi connectivity index (χ1n) is 6.00. The first kappa shape index (κ1) is 13.6. The molecule has 4 nitrogen and oxygen atoms in total. The van der Waals surface area contributed by atoms with Gasteiger partial charge in [-0.05, 0) is 31.4 Å². The maximum atomic E-state index is 12.8. The van der Waals surface area contributed by atoms with Crippen LogP contribution in [0.3, 0.4) is 0 Å². The van der Waals surface area contributed by atoms with Crippen LogP contribution in [0.5, 0.6) is 0 Å². The van der Waals surface area contributed by atoms with E-state index in [2.05, 4.69) is 0 Å². The second-order valence-corrected chi connectivity index (χ2v) is 4.50. The van der Waals surface area contributed by atoms with Crippen molar-refractivity contribution >= 4 is 11.4 Å². The lowest BCUT2D eigenvalue weighted by Crippen LogP contribution is -2.29. The van der Waals surface area contributed by atoms with Crippen molar-refractivity contribution in [3.63, 3.8) is 0 Å². The Bertz CT molecular complexity index is 482. The zero-order valence-electron chi connectivity index (χ0n) is 10.1. The predicted molar refractivity (Wildman–Crippen MR) is 64.2 cm³/mol. The Morgan fingerprint density at radius 1 is 1.16 bits per heavy atom. The fraction of sp³-hybridized carbons (Fsp3) is 0.500. The topological polar surface area (TPSA) is 46.4 Å². The van der Waals surface area contributed by atoms with Crippen molar-refractivity contribution in [3.8, 4) is 0 Å². The van der Waals surface area contributed by atoms with Gasteiger partial charge in [-0.25, -0.2) is 0 Å². The first-order valence-corrected chi connectivity index (χ1v) is 6.00. The molecule has 19 heavy (non-hydrogen) atoms. The number of piperidine rings is 1. The summed E-state index contributed by atoms with van der Waals surface area (Å²) >= 11 is 0. The van der Waals surface area contributed by atoms with Gasteiger partial charge in [0.25, 0.3) is 5.69 Å². The van der Waals surface area contributed by atoms with Crippen LogP contribution in [-0.4, -0.2) is 18.0 Å². The molecule has 0 saturated carbocycles. The number of hydrogen-bond donors (Lipinski definition) is 0. The molecule has 0 spiro atoms. The van der Waals surface area contributed by atoms with Crippen molar-refractivity contribution in [1.29, 1.82) is 0 Å². The summed E-state index contributed by atoms with van der Waals surface area (Å²) in [5.74, 6) is 0. The van der Waals surface area contributed by atoms with Gasteiger partial charge in [-0.3, -0.25) is 10.1 Å². The summed E-state index contributed by atoms with van der Waals surface area (Å²) in [6.45, 7) is 1.38. The van der Waals surface area contributed by atoms with Crippen molar-refractivity contribution in [3.05, 3.63) is 33.9 Å². The van der Waals surface area contributed by atoms with Gasteiger partial charge in [-0.1, -0.05) is 0 Å². The molecular weight excluding hydrogens is 261 g/mol. The van der Waals surface area contributed by atoms with Crippen LogP contribution < -0.4 is 4.90 Å². The van der Waals surface area contributed by atoms with Gasteiger partial charge in [0.1, 0.15) is 5.56 Å². The summed E-state index contributed by atoms with van der Waals surface area (Å²) in [7, 11) is 0. The maximum Gasteiger partial charge on any atom is 0.423 e. The highest BCUT2D eigenvalue weighted by Gasteiger charge is 2.38. The Kier molecular flexibility index (Phi) is 3.64. The lowest BCUT2D eigenvalue weighted by molar-refractivity contribution is -0.388. The summed E-state index contributed by atoms with van der Waals surface area (Å²) in [5, 5.41) is 10.6. The van der Waals surface area contributed by atoms with Crippen LogP contribution in [0.4, 0.5) is 24.5 Å². The van der Waals surface area contributed by atoms with E-state index in [-0.39, 0.29) is 0 Å². The third kappa shape index (κ3) is 2.97. The van der Waals surface area contributed by atoms with Gasteiger partial charge in [0.05, 0.1) is 4.92 Å². The van der Waals surface area contributed by atoms with Gasteiger partial charge in [-0.2, -0.15) is 13.2 Å². The number of alkyl halides is 3. The molecule has 0 bridgehead atoms. The van der Waals surface area contributed by atoms with Gasteiger partial charge in [0.2, 0.25) is 0 Å². The molecule has 0 unspecified atom stereocenters. The van der Waals surface area contributed by atoms with Crippen molar-refractivity contribution in [2.24, 2.45) is 0 Å². The molecule has 0 radical (unpaired) electrons. The molecule has 1 fully saturated rings. The Morgan fingerprint density at radius 2 is 1.79 bits per heavy atom. The van der Waals surface area contributed by atoms with E-state index in [1.807, 2.05) is 4.90 Å². The van der Waals surface area contributed by atoms with Crippen LogP contribution in [0.25, 0.3) is 0 Å². The largest absolute Gasteiger partial charge is 0.423 e. The third-order valence-electron chi connectivity index (χ3n) is 3.20. The fourth-order valence-electron chi connectivity index (χ4n) is 2.26. The molecule has 1 aliphatic heterocycles. The molecule has 0 aliphatic carbocycles.